The van der Waals surface area contributed by atoms with E-state index < -0.39 is 0 Å². The molecule has 0 spiro atoms. The molecule has 0 bridgehead atoms. The number of benzene rings is 2. The normalized spacial score (nSPS) is 14.4. The van der Waals surface area contributed by atoms with Crippen LogP contribution in [0.2, 0.25) is 5.02 Å². The molecule has 3 aromatic rings. The van der Waals surface area contributed by atoms with Crippen molar-refractivity contribution >= 4 is 46.6 Å². The number of likely N-dealkylation sites (tertiary alicyclic amines) is 1. The number of allylic oxidation sites excluding steroid dienone is 1. The van der Waals surface area contributed by atoms with Gasteiger partial charge in [-0.25, -0.2) is 0 Å². The van der Waals surface area contributed by atoms with Crippen LogP contribution in [0.3, 0.4) is 0 Å². The molecule has 0 unspecified atom stereocenters. The lowest BCUT2D eigenvalue weighted by atomic mass is 10.1. The lowest BCUT2D eigenvalue weighted by Crippen LogP contribution is -2.33. The minimum Gasteiger partial charge on any atom is -0.492 e. The molecule has 1 fully saturated rings. The van der Waals surface area contributed by atoms with Crippen LogP contribution in [0.1, 0.15) is 30.5 Å². The molecule has 2 heterocycles. The molecule has 8 heteroatoms. The molecule has 164 valence electrons. The third kappa shape index (κ3) is 5.99. The van der Waals surface area contributed by atoms with E-state index in [2.05, 4.69) is 16.1 Å². The topological polar surface area (TPSA) is 93.8 Å². The summed E-state index contributed by atoms with van der Waals surface area (Å²) in [6.45, 7) is 3.82. The summed E-state index contributed by atoms with van der Waals surface area (Å²) >= 11 is 6.11. The molecule has 4 rings (SSSR count). The molecule has 0 atom stereocenters. The van der Waals surface area contributed by atoms with Gasteiger partial charge >= 0.3 is 0 Å². The first-order valence-electron chi connectivity index (χ1n) is 9.86. The van der Waals surface area contributed by atoms with E-state index >= 15 is 0 Å². The third-order valence-electron chi connectivity index (χ3n) is 5.14. The number of halogens is 2. The summed E-state index contributed by atoms with van der Waals surface area (Å²) < 4.78 is 11.4. The molecule has 1 saturated heterocycles. The largest absolute Gasteiger partial charge is 0.492 e. The lowest BCUT2D eigenvalue weighted by Gasteiger charge is -2.26. The number of rotatable bonds is 6. The van der Waals surface area contributed by atoms with Crippen molar-refractivity contribution in [1.82, 2.24) is 10.1 Å². The van der Waals surface area contributed by atoms with Gasteiger partial charge in [0, 0.05) is 17.1 Å². The zero-order valence-electron chi connectivity index (χ0n) is 17.0. The smallest absolute Gasteiger partial charge is 0.167 e. The van der Waals surface area contributed by atoms with Crippen molar-refractivity contribution in [3.8, 4) is 11.8 Å². The van der Waals surface area contributed by atoms with Gasteiger partial charge in [-0.15, -0.1) is 12.4 Å². The van der Waals surface area contributed by atoms with Crippen LogP contribution in [0.5, 0.6) is 5.75 Å². The number of piperidine rings is 1. The first-order valence-corrected chi connectivity index (χ1v) is 10.2. The van der Waals surface area contributed by atoms with Crippen LogP contribution in [0, 0.1) is 11.3 Å². The highest BCUT2D eigenvalue weighted by Crippen LogP contribution is 2.30. The molecular weight excluding hydrogens is 437 g/mol. The van der Waals surface area contributed by atoms with Gasteiger partial charge in [0.05, 0.1) is 11.0 Å². The molecule has 2 aromatic carbocycles. The summed E-state index contributed by atoms with van der Waals surface area (Å²) in [5.74, 6) is 0.753. The van der Waals surface area contributed by atoms with Gasteiger partial charge in [-0.1, -0.05) is 41.4 Å². The molecular formula is C23H25Cl2N3O3. The van der Waals surface area contributed by atoms with Crippen molar-refractivity contribution < 1.29 is 14.7 Å². The summed E-state index contributed by atoms with van der Waals surface area (Å²) in [7, 11) is 0. The van der Waals surface area contributed by atoms with E-state index in [0.717, 1.165) is 30.9 Å². The number of aromatic nitrogens is 1. The SMILES string of the molecule is Cl.N#C/C(=C\c1ccccc1OCCN1CCCCC1)c1noc2ccc(Cl)cc12.O. The average Bonchev–Trinajstić information content (AvgIpc) is 3.16. The number of ether oxygens (including phenoxy) is 1. The van der Waals surface area contributed by atoms with E-state index in [4.69, 9.17) is 20.9 Å². The molecule has 6 nitrogen and oxygen atoms in total. The van der Waals surface area contributed by atoms with E-state index in [9.17, 15) is 5.26 Å². The third-order valence-corrected chi connectivity index (χ3v) is 5.38. The summed E-state index contributed by atoms with van der Waals surface area (Å²) in [5.41, 5.74) is 2.31. The fraction of sp³-hybridized carbons (Fsp3) is 0.304. The van der Waals surface area contributed by atoms with Crippen molar-refractivity contribution in [2.24, 2.45) is 0 Å². The molecule has 1 aliphatic rings. The molecule has 0 aliphatic carbocycles. The van der Waals surface area contributed by atoms with Crippen molar-refractivity contribution in [2.45, 2.75) is 19.3 Å². The number of hydrogen-bond donors (Lipinski definition) is 0. The number of nitrogens with zero attached hydrogens (tertiary/aromatic N) is 3. The van der Waals surface area contributed by atoms with Crippen molar-refractivity contribution in [2.75, 3.05) is 26.2 Å². The maximum atomic E-state index is 9.74. The Morgan fingerprint density at radius 2 is 1.97 bits per heavy atom. The maximum Gasteiger partial charge on any atom is 0.167 e. The summed E-state index contributed by atoms with van der Waals surface area (Å²) in [6, 6.07) is 15.2. The van der Waals surface area contributed by atoms with E-state index in [1.807, 2.05) is 24.3 Å². The number of fused-ring (bicyclic) bond motifs is 1. The minimum absolute atomic E-state index is 0. The Morgan fingerprint density at radius 1 is 1.19 bits per heavy atom. The fourth-order valence-electron chi connectivity index (χ4n) is 3.61. The predicted octanol–water partition coefficient (Wildman–Crippen LogP) is 5.01. The molecule has 1 aromatic heterocycles. The van der Waals surface area contributed by atoms with Crippen molar-refractivity contribution in [1.29, 1.82) is 5.26 Å². The van der Waals surface area contributed by atoms with E-state index in [0.29, 0.717) is 33.9 Å². The van der Waals surface area contributed by atoms with Crippen molar-refractivity contribution in [3.05, 3.63) is 58.7 Å². The first-order chi connectivity index (χ1) is 14.2. The molecule has 0 saturated carbocycles. The Morgan fingerprint density at radius 3 is 2.74 bits per heavy atom. The predicted molar refractivity (Wildman–Crippen MR) is 126 cm³/mol. The lowest BCUT2D eigenvalue weighted by molar-refractivity contribution is 0.183. The number of hydrogen-bond acceptors (Lipinski definition) is 5. The van der Waals surface area contributed by atoms with Crippen LogP contribution in [0.4, 0.5) is 0 Å². The molecule has 0 amide bonds. The first kappa shape index (κ1) is 24.7. The highest BCUT2D eigenvalue weighted by atomic mass is 35.5. The Bertz CT molecular complexity index is 1070. The molecule has 1 aliphatic heterocycles. The second kappa shape index (κ2) is 11.7. The Hall–Kier alpha value is -2.56. The second-order valence-corrected chi connectivity index (χ2v) is 7.57. The summed E-state index contributed by atoms with van der Waals surface area (Å²) in [6.07, 6.45) is 5.64. The van der Waals surface area contributed by atoms with E-state index in [1.165, 1.54) is 19.3 Å². The van der Waals surface area contributed by atoms with Crippen LogP contribution in [-0.2, 0) is 0 Å². The van der Waals surface area contributed by atoms with Gasteiger partial charge in [0.2, 0.25) is 0 Å². The molecule has 2 N–H and O–H groups in total. The van der Waals surface area contributed by atoms with Crippen LogP contribution < -0.4 is 4.74 Å². The maximum absolute atomic E-state index is 9.74. The second-order valence-electron chi connectivity index (χ2n) is 7.13. The van der Waals surface area contributed by atoms with Gasteiger partial charge in [0.15, 0.2) is 5.58 Å². The Balaban J connectivity index is 0.00000171. The van der Waals surface area contributed by atoms with Crippen molar-refractivity contribution in [3.63, 3.8) is 0 Å². The van der Waals surface area contributed by atoms with Crippen LogP contribution in [0.15, 0.2) is 47.0 Å². The van der Waals surface area contributed by atoms with Gasteiger partial charge in [-0.05, 0) is 56.3 Å². The number of nitriles is 1. The van der Waals surface area contributed by atoms with Gasteiger partial charge in [-0.2, -0.15) is 5.26 Å². The Labute approximate surface area is 192 Å². The van der Waals surface area contributed by atoms with Crippen LogP contribution in [-0.4, -0.2) is 41.8 Å². The van der Waals surface area contributed by atoms with E-state index in [-0.39, 0.29) is 17.9 Å². The Kier molecular flexibility index (Phi) is 9.35. The standard InChI is InChI=1S/C23H22ClN3O2.ClH.H2O/c24-19-8-9-22-20(15-19)23(26-29-22)18(16-25)14-17-6-2-3-7-21(17)28-13-12-27-10-4-1-5-11-27;;/h2-3,6-9,14-15H,1,4-5,10-13H2;1H;1H2/b18-14+;;. The molecule has 31 heavy (non-hydrogen) atoms. The zero-order chi connectivity index (χ0) is 20.1. The minimum atomic E-state index is 0. The molecule has 0 radical (unpaired) electrons. The van der Waals surface area contributed by atoms with Gasteiger partial charge in [0.25, 0.3) is 0 Å². The number of para-hydroxylation sites is 1. The quantitative estimate of drug-likeness (QED) is 0.480. The summed E-state index contributed by atoms with van der Waals surface area (Å²) in [5, 5.41) is 15.1. The average molecular weight is 462 g/mol. The monoisotopic (exact) mass is 461 g/mol. The van der Waals surface area contributed by atoms with Gasteiger partial charge in [0.1, 0.15) is 24.1 Å². The highest BCUT2D eigenvalue weighted by molar-refractivity contribution is 6.31. The fourth-order valence-corrected chi connectivity index (χ4v) is 3.79. The van der Waals surface area contributed by atoms with Gasteiger partial charge in [-0.3, -0.25) is 4.90 Å². The van der Waals surface area contributed by atoms with Crippen LogP contribution in [0.25, 0.3) is 22.6 Å². The zero-order valence-corrected chi connectivity index (χ0v) is 18.6. The summed E-state index contributed by atoms with van der Waals surface area (Å²) in [4.78, 5) is 2.44. The van der Waals surface area contributed by atoms with Gasteiger partial charge < -0.3 is 14.7 Å². The highest BCUT2D eigenvalue weighted by Gasteiger charge is 2.15. The van der Waals surface area contributed by atoms with Crippen LogP contribution >= 0.6 is 24.0 Å². The van der Waals surface area contributed by atoms with E-state index in [1.54, 1.807) is 24.3 Å².